The highest BCUT2D eigenvalue weighted by Gasteiger charge is 2.06. The van der Waals surface area contributed by atoms with Gasteiger partial charge in [-0.2, -0.15) is 0 Å². The number of amides is 1. The predicted octanol–water partition coefficient (Wildman–Crippen LogP) is 3.73. The Morgan fingerprint density at radius 3 is 2.41 bits per heavy atom. The van der Waals surface area contributed by atoms with Crippen molar-refractivity contribution in [3.63, 3.8) is 0 Å². The van der Waals surface area contributed by atoms with Crippen LogP contribution in [0.3, 0.4) is 0 Å². The van der Waals surface area contributed by atoms with E-state index >= 15 is 0 Å². The lowest BCUT2D eigenvalue weighted by Gasteiger charge is -2.10. The third-order valence-electron chi connectivity index (χ3n) is 2.93. The summed E-state index contributed by atoms with van der Waals surface area (Å²) in [4.78, 5) is 11.9. The van der Waals surface area contributed by atoms with Crippen LogP contribution in [0.4, 0.5) is 0 Å². The summed E-state index contributed by atoms with van der Waals surface area (Å²) in [5, 5.41) is 7.17. The van der Waals surface area contributed by atoms with E-state index in [4.69, 9.17) is 35.4 Å². The van der Waals surface area contributed by atoms with Gasteiger partial charge in [-0.15, -0.1) is 0 Å². The van der Waals surface area contributed by atoms with Gasteiger partial charge in [-0.05, 0) is 41.5 Å². The molecule has 0 bridgehead atoms. The summed E-state index contributed by atoms with van der Waals surface area (Å²) in [7, 11) is 0. The van der Waals surface area contributed by atoms with Gasteiger partial charge in [-0.25, -0.2) is 0 Å². The molecule has 2 rings (SSSR count). The van der Waals surface area contributed by atoms with Crippen LogP contribution in [-0.4, -0.2) is 11.0 Å². The fourth-order valence-electron chi connectivity index (χ4n) is 1.82. The average Bonchev–Trinajstić information content (AvgIpc) is 2.49. The summed E-state index contributed by atoms with van der Waals surface area (Å²) in [6.07, 6.45) is 0.241. The number of nitrogens with one attached hydrogen (secondary N) is 2. The Labute approximate surface area is 144 Å². The molecular formula is C16H14Cl2N2OS. The molecule has 2 aromatic carbocycles. The van der Waals surface area contributed by atoms with Crippen molar-refractivity contribution in [2.24, 2.45) is 0 Å². The number of benzene rings is 2. The Kier molecular flexibility index (Phi) is 6.19. The molecule has 0 aliphatic carbocycles. The van der Waals surface area contributed by atoms with E-state index in [-0.39, 0.29) is 17.4 Å². The Hall–Kier alpha value is -1.62. The smallest absolute Gasteiger partial charge is 0.230 e. The van der Waals surface area contributed by atoms with Crippen LogP contribution in [0.5, 0.6) is 0 Å². The minimum Gasteiger partial charge on any atom is -0.358 e. The Bertz CT molecular complexity index is 674. The van der Waals surface area contributed by atoms with Gasteiger partial charge in [-0.3, -0.25) is 4.79 Å². The van der Waals surface area contributed by atoms with Crippen molar-refractivity contribution in [3.8, 4) is 0 Å². The monoisotopic (exact) mass is 352 g/mol. The number of thiocarbonyl (C=S) groups is 1. The normalized spacial score (nSPS) is 10.1. The third-order valence-corrected chi connectivity index (χ3v) is 3.80. The van der Waals surface area contributed by atoms with Crippen LogP contribution < -0.4 is 10.6 Å². The van der Waals surface area contributed by atoms with Crippen molar-refractivity contribution in [2.45, 2.75) is 13.0 Å². The van der Waals surface area contributed by atoms with Crippen molar-refractivity contribution < 1.29 is 4.79 Å². The summed E-state index contributed by atoms with van der Waals surface area (Å²) in [5.74, 6) is -0.181. The molecule has 3 nitrogen and oxygen atoms in total. The van der Waals surface area contributed by atoms with Crippen LogP contribution in [0.2, 0.25) is 10.0 Å². The SMILES string of the molecule is O=C(Cc1ccc(Cl)cc1)NC(=S)NCc1ccccc1Cl. The minimum atomic E-state index is -0.181. The van der Waals surface area contributed by atoms with Crippen molar-refractivity contribution >= 4 is 46.4 Å². The Morgan fingerprint density at radius 1 is 1.05 bits per heavy atom. The van der Waals surface area contributed by atoms with Gasteiger partial charge in [-0.1, -0.05) is 53.5 Å². The van der Waals surface area contributed by atoms with E-state index in [9.17, 15) is 4.79 Å². The molecule has 0 unspecified atom stereocenters. The second-order valence-electron chi connectivity index (χ2n) is 4.63. The lowest BCUT2D eigenvalue weighted by molar-refractivity contribution is -0.119. The highest BCUT2D eigenvalue weighted by molar-refractivity contribution is 7.80. The van der Waals surface area contributed by atoms with E-state index in [1.807, 2.05) is 30.3 Å². The van der Waals surface area contributed by atoms with Crippen molar-refractivity contribution in [1.82, 2.24) is 10.6 Å². The first-order valence-corrected chi connectivity index (χ1v) is 7.76. The maximum Gasteiger partial charge on any atom is 0.230 e. The summed E-state index contributed by atoms with van der Waals surface area (Å²) >= 11 is 17.0. The molecule has 0 fully saturated rings. The summed E-state index contributed by atoms with van der Waals surface area (Å²) < 4.78 is 0. The first-order valence-electron chi connectivity index (χ1n) is 6.60. The molecule has 2 N–H and O–H groups in total. The number of hydrogen-bond acceptors (Lipinski definition) is 2. The molecule has 6 heteroatoms. The van der Waals surface area contributed by atoms with Gasteiger partial charge >= 0.3 is 0 Å². The van der Waals surface area contributed by atoms with Gasteiger partial charge in [0, 0.05) is 16.6 Å². The molecule has 0 saturated carbocycles. The van der Waals surface area contributed by atoms with E-state index in [1.54, 1.807) is 18.2 Å². The summed E-state index contributed by atoms with van der Waals surface area (Å²) in [5.41, 5.74) is 1.79. The van der Waals surface area contributed by atoms with Crippen LogP contribution in [0.25, 0.3) is 0 Å². The summed E-state index contributed by atoms with van der Waals surface area (Å²) in [6.45, 7) is 0.458. The highest BCUT2D eigenvalue weighted by atomic mass is 35.5. The van der Waals surface area contributed by atoms with E-state index in [2.05, 4.69) is 10.6 Å². The second-order valence-corrected chi connectivity index (χ2v) is 5.88. The molecule has 0 radical (unpaired) electrons. The molecular weight excluding hydrogens is 339 g/mol. The molecule has 0 spiro atoms. The second kappa shape index (κ2) is 8.13. The van der Waals surface area contributed by atoms with Crippen molar-refractivity contribution in [1.29, 1.82) is 0 Å². The number of rotatable bonds is 4. The topological polar surface area (TPSA) is 41.1 Å². The number of carbonyl (C=O) groups is 1. The number of hydrogen-bond donors (Lipinski definition) is 2. The predicted molar refractivity (Wildman–Crippen MR) is 94.2 cm³/mol. The minimum absolute atomic E-state index is 0.181. The van der Waals surface area contributed by atoms with E-state index < -0.39 is 0 Å². The zero-order valence-corrected chi connectivity index (χ0v) is 13.9. The fraction of sp³-hybridized carbons (Fsp3) is 0.125. The van der Waals surface area contributed by atoms with Gasteiger partial charge in [0.25, 0.3) is 0 Å². The molecule has 114 valence electrons. The lowest BCUT2D eigenvalue weighted by Crippen LogP contribution is -2.39. The van der Waals surface area contributed by atoms with Crippen LogP contribution in [0.1, 0.15) is 11.1 Å². The summed E-state index contributed by atoms with van der Waals surface area (Å²) in [6, 6.07) is 14.6. The fourth-order valence-corrected chi connectivity index (χ4v) is 2.33. The first-order chi connectivity index (χ1) is 10.5. The van der Waals surface area contributed by atoms with Gasteiger partial charge in [0.15, 0.2) is 5.11 Å². The van der Waals surface area contributed by atoms with Gasteiger partial charge in [0.1, 0.15) is 0 Å². The zero-order valence-electron chi connectivity index (χ0n) is 11.6. The standard InChI is InChI=1S/C16H14Cl2N2OS/c17-13-7-5-11(6-8-13)9-15(21)20-16(22)19-10-12-3-1-2-4-14(12)18/h1-8H,9-10H2,(H2,19,20,21,22). The van der Waals surface area contributed by atoms with Crippen LogP contribution >= 0.6 is 35.4 Å². The molecule has 0 heterocycles. The molecule has 0 aliphatic rings. The Morgan fingerprint density at radius 2 is 1.73 bits per heavy atom. The lowest BCUT2D eigenvalue weighted by atomic mass is 10.1. The van der Waals surface area contributed by atoms with Gasteiger partial charge in [0.05, 0.1) is 6.42 Å². The van der Waals surface area contributed by atoms with Crippen LogP contribution in [0.15, 0.2) is 48.5 Å². The Balaban J connectivity index is 1.80. The molecule has 2 aromatic rings. The van der Waals surface area contributed by atoms with Crippen molar-refractivity contribution in [3.05, 3.63) is 69.7 Å². The first kappa shape index (κ1) is 16.7. The highest BCUT2D eigenvalue weighted by Crippen LogP contribution is 2.14. The van der Waals surface area contributed by atoms with Crippen LogP contribution in [0, 0.1) is 0 Å². The molecule has 22 heavy (non-hydrogen) atoms. The van der Waals surface area contributed by atoms with Gasteiger partial charge in [0.2, 0.25) is 5.91 Å². The van der Waals surface area contributed by atoms with E-state index in [0.717, 1.165) is 11.1 Å². The number of halogens is 2. The van der Waals surface area contributed by atoms with Crippen LogP contribution in [-0.2, 0) is 17.8 Å². The largest absolute Gasteiger partial charge is 0.358 e. The molecule has 1 amide bonds. The molecule has 0 aliphatic heterocycles. The molecule has 0 atom stereocenters. The maximum atomic E-state index is 11.9. The van der Waals surface area contributed by atoms with E-state index in [0.29, 0.717) is 16.6 Å². The van der Waals surface area contributed by atoms with Gasteiger partial charge < -0.3 is 10.6 Å². The number of carbonyl (C=O) groups excluding carboxylic acids is 1. The van der Waals surface area contributed by atoms with E-state index in [1.165, 1.54) is 0 Å². The third kappa shape index (κ3) is 5.30. The zero-order chi connectivity index (χ0) is 15.9. The molecule has 0 aromatic heterocycles. The average molecular weight is 353 g/mol. The van der Waals surface area contributed by atoms with Crippen molar-refractivity contribution in [2.75, 3.05) is 0 Å². The maximum absolute atomic E-state index is 11.9. The quantitative estimate of drug-likeness (QED) is 0.823. The molecule has 0 saturated heterocycles.